The number of halogens is 3. The molecule has 0 heterocycles. The highest BCUT2D eigenvalue weighted by molar-refractivity contribution is 6.33. The maximum atomic E-state index is 13.5. The fourth-order valence-electron chi connectivity index (χ4n) is 1.79. The topological polar surface area (TPSA) is 64.6 Å². The van der Waals surface area contributed by atoms with Crippen LogP contribution in [0.3, 0.4) is 0 Å². The Labute approximate surface area is 141 Å². The van der Waals surface area contributed by atoms with Gasteiger partial charge >= 0.3 is 5.97 Å². The first-order valence-electron chi connectivity index (χ1n) is 6.66. The molecule has 126 valence electrons. The molecule has 1 N–H and O–H groups in total. The summed E-state index contributed by atoms with van der Waals surface area (Å²) >= 11 is 5.80. The number of carbonyl (C=O) groups is 2. The quantitative estimate of drug-likeness (QED) is 0.835. The van der Waals surface area contributed by atoms with Crippen molar-refractivity contribution in [1.82, 2.24) is 0 Å². The van der Waals surface area contributed by atoms with E-state index in [2.05, 4.69) is 5.32 Å². The van der Waals surface area contributed by atoms with Crippen molar-refractivity contribution in [3.8, 4) is 5.75 Å². The number of hydrogen-bond donors (Lipinski definition) is 1. The number of carbonyl (C=O) groups excluding carboxylic acids is 2. The number of hydrogen-bond acceptors (Lipinski definition) is 4. The van der Waals surface area contributed by atoms with Gasteiger partial charge in [0.15, 0.2) is 18.2 Å². The van der Waals surface area contributed by atoms with Gasteiger partial charge in [0.2, 0.25) is 0 Å². The van der Waals surface area contributed by atoms with E-state index in [9.17, 15) is 18.4 Å². The Bertz CT molecular complexity index is 783. The van der Waals surface area contributed by atoms with Crippen molar-refractivity contribution in [2.45, 2.75) is 0 Å². The maximum absolute atomic E-state index is 13.5. The van der Waals surface area contributed by atoms with Gasteiger partial charge < -0.3 is 14.8 Å². The molecular weight excluding hydrogens is 344 g/mol. The maximum Gasteiger partial charge on any atom is 0.338 e. The van der Waals surface area contributed by atoms with E-state index in [0.717, 1.165) is 18.2 Å². The fourth-order valence-corrected chi connectivity index (χ4v) is 1.95. The number of amides is 1. The molecule has 8 heteroatoms. The van der Waals surface area contributed by atoms with Gasteiger partial charge in [-0.1, -0.05) is 11.6 Å². The molecule has 24 heavy (non-hydrogen) atoms. The van der Waals surface area contributed by atoms with Crippen LogP contribution in [0.5, 0.6) is 5.75 Å². The van der Waals surface area contributed by atoms with E-state index in [0.29, 0.717) is 0 Å². The molecule has 0 unspecified atom stereocenters. The Balaban J connectivity index is 1.95. The second kappa shape index (κ2) is 7.74. The second-order valence-corrected chi connectivity index (χ2v) is 5.01. The van der Waals surface area contributed by atoms with Crippen molar-refractivity contribution >= 4 is 29.2 Å². The number of methoxy groups -OCH3 is 1. The fraction of sp³-hybridized carbons (Fsp3) is 0.125. The van der Waals surface area contributed by atoms with Crippen LogP contribution in [-0.4, -0.2) is 25.6 Å². The Morgan fingerprint density at radius 3 is 2.58 bits per heavy atom. The normalized spacial score (nSPS) is 10.2. The lowest BCUT2D eigenvalue weighted by molar-refractivity contribution is -0.119. The molecule has 1 amide bonds. The lowest BCUT2D eigenvalue weighted by atomic mass is 10.2. The summed E-state index contributed by atoms with van der Waals surface area (Å²) in [6.07, 6.45) is 0. The Morgan fingerprint density at radius 1 is 1.17 bits per heavy atom. The van der Waals surface area contributed by atoms with E-state index in [1.54, 1.807) is 0 Å². The van der Waals surface area contributed by atoms with E-state index in [1.165, 1.54) is 25.3 Å². The summed E-state index contributed by atoms with van der Waals surface area (Å²) in [5, 5.41) is 2.44. The van der Waals surface area contributed by atoms with Gasteiger partial charge in [-0.15, -0.1) is 0 Å². The first kappa shape index (κ1) is 17.7. The predicted octanol–water partition coefficient (Wildman–Crippen LogP) is 3.42. The third kappa shape index (κ3) is 4.42. The Kier molecular flexibility index (Phi) is 5.70. The lowest BCUT2D eigenvalue weighted by Crippen LogP contribution is -2.21. The molecule has 2 rings (SSSR count). The van der Waals surface area contributed by atoms with Gasteiger partial charge in [0, 0.05) is 0 Å². The van der Waals surface area contributed by atoms with Crippen LogP contribution in [0.15, 0.2) is 36.4 Å². The molecular formula is C16H12ClF2NO4. The van der Waals surface area contributed by atoms with E-state index < -0.39 is 30.1 Å². The summed E-state index contributed by atoms with van der Waals surface area (Å²) in [4.78, 5) is 23.5. The molecule has 5 nitrogen and oxygen atoms in total. The van der Waals surface area contributed by atoms with Crippen LogP contribution in [0.4, 0.5) is 14.5 Å². The molecule has 0 aliphatic rings. The highest BCUT2D eigenvalue weighted by atomic mass is 35.5. The van der Waals surface area contributed by atoms with E-state index >= 15 is 0 Å². The van der Waals surface area contributed by atoms with Crippen molar-refractivity contribution < 1.29 is 27.8 Å². The molecule has 0 aromatic heterocycles. The number of ether oxygens (including phenoxy) is 2. The molecule has 0 saturated carbocycles. The van der Waals surface area contributed by atoms with Crippen molar-refractivity contribution in [2.24, 2.45) is 0 Å². The Morgan fingerprint density at radius 2 is 1.92 bits per heavy atom. The van der Waals surface area contributed by atoms with Gasteiger partial charge in [-0.2, -0.15) is 0 Å². The van der Waals surface area contributed by atoms with Crippen molar-refractivity contribution in [3.63, 3.8) is 0 Å². The first-order valence-corrected chi connectivity index (χ1v) is 7.04. The monoisotopic (exact) mass is 355 g/mol. The number of nitrogens with one attached hydrogen (secondary N) is 1. The van der Waals surface area contributed by atoms with Gasteiger partial charge in [-0.25, -0.2) is 13.6 Å². The SMILES string of the molecule is COc1ccc(C(=O)OCC(=O)Nc2cc(F)ccc2Cl)cc1F. The van der Waals surface area contributed by atoms with Crippen LogP contribution in [0, 0.1) is 11.6 Å². The third-order valence-electron chi connectivity index (χ3n) is 2.92. The summed E-state index contributed by atoms with van der Waals surface area (Å²) < 4.78 is 36.1. The molecule has 2 aromatic carbocycles. The standard InChI is InChI=1S/C16H12ClF2NO4/c1-23-14-5-2-9(6-12(14)19)16(22)24-8-15(21)20-13-7-10(18)3-4-11(13)17/h2-7H,8H2,1H3,(H,20,21). The van der Waals surface area contributed by atoms with Crippen LogP contribution in [0.25, 0.3) is 0 Å². The highest BCUT2D eigenvalue weighted by Gasteiger charge is 2.14. The molecule has 0 radical (unpaired) electrons. The first-order chi connectivity index (χ1) is 11.4. The van der Waals surface area contributed by atoms with Gasteiger partial charge in [-0.05, 0) is 36.4 Å². The van der Waals surface area contributed by atoms with Gasteiger partial charge in [0.25, 0.3) is 5.91 Å². The predicted molar refractivity (Wildman–Crippen MR) is 83.3 cm³/mol. The molecule has 0 bridgehead atoms. The van der Waals surface area contributed by atoms with Crippen LogP contribution >= 0.6 is 11.6 Å². The van der Waals surface area contributed by atoms with Crippen molar-refractivity contribution in [2.75, 3.05) is 19.0 Å². The lowest BCUT2D eigenvalue weighted by Gasteiger charge is -2.09. The van der Waals surface area contributed by atoms with E-state index in [1.807, 2.05) is 0 Å². The van der Waals surface area contributed by atoms with Crippen LogP contribution in [0.2, 0.25) is 5.02 Å². The molecule has 0 atom stereocenters. The number of benzene rings is 2. The Hall–Kier alpha value is -2.67. The minimum atomic E-state index is -0.892. The summed E-state index contributed by atoms with van der Waals surface area (Å²) in [6, 6.07) is 6.93. The van der Waals surface area contributed by atoms with Crippen molar-refractivity contribution in [3.05, 3.63) is 58.6 Å². The summed E-state index contributed by atoms with van der Waals surface area (Å²) in [5.74, 6) is -2.95. The molecule has 0 spiro atoms. The molecule has 0 aliphatic heterocycles. The molecule has 2 aromatic rings. The van der Waals surface area contributed by atoms with Gasteiger partial charge in [0.1, 0.15) is 5.82 Å². The number of anilines is 1. The minimum Gasteiger partial charge on any atom is -0.494 e. The van der Waals surface area contributed by atoms with Gasteiger partial charge in [0.05, 0.1) is 23.4 Å². The summed E-state index contributed by atoms with van der Waals surface area (Å²) in [5.41, 5.74) is -0.0295. The van der Waals surface area contributed by atoms with Gasteiger partial charge in [-0.3, -0.25) is 4.79 Å². The zero-order valence-electron chi connectivity index (χ0n) is 12.4. The molecule has 0 aliphatic carbocycles. The van der Waals surface area contributed by atoms with Crippen LogP contribution < -0.4 is 10.1 Å². The van der Waals surface area contributed by atoms with E-state index in [-0.39, 0.29) is 22.0 Å². The summed E-state index contributed by atoms with van der Waals surface area (Å²) in [6.45, 7) is -0.640. The third-order valence-corrected chi connectivity index (χ3v) is 3.25. The number of rotatable bonds is 5. The van der Waals surface area contributed by atoms with Crippen LogP contribution in [-0.2, 0) is 9.53 Å². The minimum absolute atomic E-state index is 0.0231. The highest BCUT2D eigenvalue weighted by Crippen LogP contribution is 2.22. The molecule has 0 fully saturated rings. The second-order valence-electron chi connectivity index (χ2n) is 4.60. The average molecular weight is 356 g/mol. The average Bonchev–Trinajstić information content (AvgIpc) is 2.56. The van der Waals surface area contributed by atoms with E-state index in [4.69, 9.17) is 21.1 Å². The number of esters is 1. The smallest absolute Gasteiger partial charge is 0.338 e. The molecule has 0 saturated heterocycles. The zero-order chi connectivity index (χ0) is 17.7. The van der Waals surface area contributed by atoms with Crippen LogP contribution in [0.1, 0.15) is 10.4 Å². The van der Waals surface area contributed by atoms with Crippen molar-refractivity contribution in [1.29, 1.82) is 0 Å². The summed E-state index contributed by atoms with van der Waals surface area (Å²) in [7, 11) is 1.29. The zero-order valence-corrected chi connectivity index (χ0v) is 13.2. The largest absolute Gasteiger partial charge is 0.494 e.